The quantitative estimate of drug-likeness (QED) is 0.780. The molecule has 1 fully saturated rings. The number of ether oxygens (including phenoxy) is 1. The fourth-order valence-electron chi connectivity index (χ4n) is 2.67. The fraction of sp³-hybridized carbons (Fsp3) is 0.500. The average molecular weight is 326 g/mol. The molecular formula is C16H17Cl2NO2. The zero-order valence-electron chi connectivity index (χ0n) is 11.8. The lowest BCUT2D eigenvalue weighted by Gasteiger charge is -2.34. The number of hydrogen-bond donors (Lipinski definition) is 0. The van der Waals surface area contributed by atoms with Crippen molar-refractivity contribution >= 4 is 29.0 Å². The van der Waals surface area contributed by atoms with Crippen molar-refractivity contribution in [3.8, 4) is 6.07 Å². The van der Waals surface area contributed by atoms with E-state index in [1.165, 1.54) is 0 Å². The van der Waals surface area contributed by atoms with Gasteiger partial charge < -0.3 is 4.74 Å². The molecule has 5 heteroatoms. The van der Waals surface area contributed by atoms with Crippen molar-refractivity contribution in [3.63, 3.8) is 0 Å². The molecule has 0 heterocycles. The normalized spacial score (nSPS) is 22.2. The lowest BCUT2D eigenvalue weighted by Crippen LogP contribution is -2.33. The van der Waals surface area contributed by atoms with Gasteiger partial charge in [-0.2, -0.15) is 5.26 Å². The highest BCUT2D eigenvalue weighted by Gasteiger charge is 2.33. The van der Waals surface area contributed by atoms with Crippen LogP contribution in [0.2, 0.25) is 10.0 Å². The van der Waals surface area contributed by atoms with Gasteiger partial charge in [0.25, 0.3) is 0 Å². The maximum Gasteiger partial charge on any atom is 0.154 e. The van der Waals surface area contributed by atoms with Gasteiger partial charge in [0.1, 0.15) is 5.92 Å². The van der Waals surface area contributed by atoms with Gasteiger partial charge in [-0.05, 0) is 43.4 Å². The van der Waals surface area contributed by atoms with E-state index in [4.69, 9.17) is 27.9 Å². The van der Waals surface area contributed by atoms with Gasteiger partial charge in [-0.3, -0.25) is 4.79 Å². The predicted octanol–water partition coefficient (Wildman–Crippen LogP) is 4.37. The Morgan fingerprint density at radius 3 is 2.76 bits per heavy atom. The van der Waals surface area contributed by atoms with Crippen molar-refractivity contribution in [2.45, 2.75) is 38.2 Å². The summed E-state index contributed by atoms with van der Waals surface area (Å²) >= 11 is 11.9. The Morgan fingerprint density at radius 1 is 1.48 bits per heavy atom. The molecule has 1 aliphatic carbocycles. The number of nitrogens with zero attached hydrogens (tertiary/aromatic N) is 1. The molecule has 0 bridgehead atoms. The number of nitriles is 1. The smallest absolute Gasteiger partial charge is 0.154 e. The number of carbonyl (C=O) groups excluding carboxylic acids is 1. The average Bonchev–Trinajstić information content (AvgIpc) is 2.39. The Balaban J connectivity index is 1.98. The van der Waals surface area contributed by atoms with Crippen molar-refractivity contribution in [3.05, 3.63) is 33.8 Å². The second kappa shape index (κ2) is 7.26. The van der Waals surface area contributed by atoms with E-state index < -0.39 is 5.92 Å². The third-order valence-corrected chi connectivity index (χ3v) is 4.37. The minimum Gasteiger partial charge on any atom is -0.378 e. The molecule has 1 aromatic carbocycles. The third kappa shape index (κ3) is 3.97. The van der Waals surface area contributed by atoms with Crippen LogP contribution in [0.3, 0.4) is 0 Å². The lowest BCUT2D eigenvalue weighted by atomic mass is 9.77. The van der Waals surface area contributed by atoms with Crippen LogP contribution in [0.5, 0.6) is 0 Å². The lowest BCUT2D eigenvalue weighted by molar-refractivity contribution is -0.122. The van der Waals surface area contributed by atoms with Crippen LogP contribution in [0.25, 0.3) is 0 Å². The van der Waals surface area contributed by atoms with Gasteiger partial charge in [0.2, 0.25) is 0 Å². The van der Waals surface area contributed by atoms with Gasteiger partial charge in [0, 0.05) is 23.1 Å². The van der Waals surface area contributed by atoms with Crippen molar-refractivity contribution in [1.82, 2.24) is 0 Å². The summed E-state index contributed by atoms with van der Waals surface area (Å²) in [6.07, 6.45) is 2.46. The van der Waals surface area contributed by atoms with E-state index in [0.29, 0.717) is 34.6 Å². The van der Waals surface area contributed by atoms with Crippen molar-refractivity contribution in [2.75, 3.05) is 6.61 Å². The summed E-state index contributed by atoms with van der Waals surface area (Å²) in [5, 5.41) is 10.2. The second-order valence-corrected chi connectivity index (χ2v) is 6.16. The van der Waals surface area contributed by atoms with Crippen LogP contribution >= 0.6 is 23.2 Å². The Kier molecular flexibility index (Phi) is 5.64. The summed E-state index contributed by atoms with van der Waals surface area (Å²) in [7, 11) is 0. The van der Waals surface area contributed by atoms with E-state index in [0.717, 1.165) is 12.8 Å². The van der Waals surface area contributed by atoms with Crippen LogP contribution in [0.15, 0.2) is 18.2 Å². The van der Waals surface area contributed by atoms with Crippen LogP contribution in [-0.4, -0.2) is 18.5 Å². The topological polar surface area (TPSA) is 50.1 Å². The highest BCUT2D eigenvalue weighted by atomic mass is 35.5. The fourth-order valence-corrected chi connectivity index (χ4v) is 3.18. The molecule has 2 rings (SSSR count). The van der Waals surface area contributed by atoms with Gasteiger partial charge in [0.15, 0.2) is 5.78 Å². The van der Waals surface area contributed by atoms with Gasteiger partial charge in [0.05, 0.1) is 12.2 Å². The summed E-state index contributed by atoms with van der Waals surface area (Å²) in [6, 6.07) is 6.92. The molecular weight excluding hydrogens is 309 g/mol. The summed E-state index contributed by atoms with van der Waals surface area (Å²) in [5.41, 5.74) is 0.536. The van der Waals surface area contributed by atoms with Crippen LogP contribution in [0.4, 0.5) is 0 Å². The van der Waals surface area contributed by atoms with Crippen LogP contribution in [0.1, 0.15) is 37.7 Å². The van der Waals surface area contributed by atoms with Crippen LogP contribution < -0.4 is 0 Å². The first-order valence-corrected chi connectivity index (χ1v) is 7.79. The summed E-state index contributed by atoms with van der Waals surface area (Å²) in [4.78, 5) is 12.3. The first-order valence-electron chi connectivity index (χ1n) is 7.04. The van der Waals surface area contributed by atoms with Crippen molar-refractivity contribution in [2.24, 2.45) is 5.92 Å². The number of benzene rings is 1. The molecule has 1 aliphatic rings. The molecule has 1 atom stereocenters. The van der Waals surface area contributed by atoms with Crippen molar-refractivity contribution < 1.29 is 9.53 Å². The SMILES string of the molecule is CCOC1CC(CC(=O)C(C#N)c2ccc(Cl)cc2Cl)C1. The molecule has 1 saturated carbocycles. The Bertz CT molecular complexity index is 562. The zero-order valence-corrected chi connectivity index (χ0v) is 13.3. The first kappa shape index (κ1) is 16.3. The molecule has 1 unspecified atom stereocenters. The van der Waals surface area contributed by atoms with E-state index in [-0.39, 0.29) is 11.9 Å². The van der Waals surface area contributed by atoms with E-state index in [9.17, 15) is 10.1 Å². The maximum atomic E-state index is 12.3. The van der Waals surface area contributed by atoms with Gasteiger partial charge >= 0.3 is 0 Å². The Labute approximate surface area is 134 Å². The molecule has 0 spiro atoms. The second-order valence-electron chi connectivity index (χ2n) is 5.31. The van der Waals surface area contributed by atoms with Crippen LogP contribution in [-0.2, 0) is 9.53 Å². The minimum atomic E-state index is -0.819. The molecule has 0 aromatic heterocycles. The molecule has 1 aromatic rings. The van der Waals surface area contributed by atoms with Gasteiger partial charge in [-0.1, -0.05) is 29.3 Å². The number of halogens is 2. The summed E-state index contributed by atoms with van der Waals surface area (Å²) in [6.45, 7) is 2.67. The maximum absolute atomic E-state index is 12.3. The number of rotatable bonds is 6. The van der Waals surface area contributed by atoms with Crippen LogP contribution in [0, 0.1) is 17.2 Å². The molecule has 3 nitrogen and oxygen atoms in total. The van der Waals surface area contributed by atoms with Gasteiger partial charge in [-0.15, -0.1) is 0 Å². The number of Topliss-reactive ketones (excluding diaryl/α,β-unsaturated/α-hetero) is 1. The molecule has 112 valence electrons. The van der Waals surface area contributed by atoms with E-state index >= 15 is 0 Å². The number of carbonyl (C=O) groups is 1. The number of ketones is 1. The van der Waals surface area contributed by atoms with Crippen molar-refractivity contribution in [1.29, 1.82) is 5.26 Å². The molecule has 0 aliphatic heterocycles. The summed E-state index contributed by atoms with van der Waals surface area (Å²) < 4.78 is 5.48. The number of hydrogen-bond acceptors (Lipinski definition) is 3. The standard InChI is InChI=1S/C16H17Cl2NO2/c1-2-21-12-5-10(6-12)7-16(20)14(9-19)13-4-3-11(17)8-15(13)18/h3-4,8,10,12,14H,2,5-7H2,1H3. The predicted molar refractivity (Wildman–Crippen MR) is 82.6 cm³/mol. The Morgan fingerprint density at radius 2 is 2.19 bits per heavy atom. The highest BCUT2D eigenvalue weighted by Crippen LogP contribution is 2.36. The van der Waals surface area contributed by atoms with E-state index in [1.54, 1.807) is 18.2 Å². The van der Waals surface area contributed by atoms with E-state index in [2.05, 4.69) is 6.07 Å². The zero-order chi connectivity index (χ0) is 15.4. The van der Waals surface area contributed by atoms with E-state index in [1.807, 2.05) is 6.92 Å². The minimum absolute atomic E-state index is 0.0818. The highest BCUT2D eigenvalue weighted by molar-refractivity contribution is 6.35. The Hall–Kier alpha value is -1.08. The molecule has 0 N–H and O–H groups in total. The molecule has 0 amide bonds. The van der Waals surface area contributed by atoms with Gasteiger partial charge in [-0.25, -0.2) is 0 Å². The molecule has 0 saturated heterocycles. The third-order valence-electron chi connectivity index (χ3n) is 3.81. The molecule has 21 heavy (non-hydrogen) atoms. The largest absolute Gasteiger partial charge is 0.378 e. The molecule has 0 radical (unpaired) electrons. The summed E-state index contributed by atoms with van der Waals surface area (Å²) in [5.74, 6) is -0.585. The first-order chi connectivity index (χ1) is 10.0. The monoisotopic (exact) mass is 325 g/mol.